The molecule has 1 aromatic carbocycles. The van der Waals surface area contributed by atoms with Gasteiger partial charge >= 0.3 is 0 Å². The molecule has 1 rings (SSSR count). The largest absolute Gasteiger partial charge is 0.399 e. The highest BCUT2D eigenvalue weighted by atomic mass is 16.3. The number of rotatable bonds is 4. The number of nitrogen functional groups attached to an aromatic ring is 2. The van der Waals surface area contributed by atoms with Gasteiger partial charge in [0.05, 0.1) is 6.61 Å². The van der Waals surface area contributed by atoms with Crippen molar-refractivity contribution in [1.82, 2.24) is 4.90 Å². The van der Waals surface area contributed by atoms with Gasteiger partial charge in [0.1, 0.15) is 0 Å². The first kappa shape index (κ1) is 12.3. The number of benzene rings is 1. The van der Waals surface area contributed by atoms with Crippen molar-refractivity contribution in [2.75, 3.05) is 31.2 Å². The number of anilines is 2. The quantitative estimate of drug-likeness (QED) is 0.640. The van der Waals surface area contributed by atoms with Crippen LogP contribution in [0.15, 0.2) is 18.2 Å². The molecule has 0 aliphatic heterocycles. The lowest BCUT2D eigenvalue weighted by Gasteiger charge is -2.20. The Labute approximate surface area is 94.7 Å². The highest BCUT2D eigenvalue weighted by molar-refractivity contribution is 5.96. The summed E-state index contributed by atoms with van der Waals surface area (Å²) >= 11 is 0. The molecule has 0 spiro atoms. The van der Waals surface area contributed by atoms with Crippen LogP contribution < -0.4 is 11.5 Å². The van der Waals surface area contributed by atoms with E-state index in [1.807, 2.05) is 6.92 Å². The molecule has 0 radical (unpaired) electrons. The fourth-order valence-electron chi connectivity index (χ4n) is 1.51. The molecule has 0 aliphatic carbocycles. The zero-order valence-electron chi connectivity index (χ0n) is 9.31. The second-order valence-corrected chi connectivity index (χ2v) is 3.50. The summed E-state index contributed by atoms with van der Waals surface area (Å²) in [4.78, 5) is 13.5. The van der Waals surface area contributed by atoms with E-state index < -0.39 is 0 Å². The molecule has 1 aromatic rings. The highest BCUT2D eigenvalue weighted by Gasteiger charge is 2.14. The molecule has 5 heteroatoms. The van der Waals surface area contributed by atoms with Gasteiger partial charge in [-0.2, -0.15) is 0 Å². The molecule has 0 heterocycles. The van der Waals surface area contributed by atoms with E-state index in [1.165, 1.54) is 4.90 Å². The topological polar surface area (TPSA) is 92.6 Å². The van der Waals surface area contributed by atoms with Crippen LogP contribution in [-0.4, -0.2) is 35.6 Å². The third kappa shape index (κ3) is 2.87. The van der Waals surface area contributed by atoms with Crippen LogP contribution in [0.25, 0.3) is 0 Å². The molecule has 88 valence electrons. The zero-order valence-corrected chi connectivity index (χ0v) is 9.31. The van der Waals surface area contributed by atoms with E-state index in [0.29, 0.717) is 30.0 Å². The summed E-state index contributed by atoms with van der Waals surface area (Å²) in [5.41, 5.74) is 12.6. The van der Waals surface area contributed by atoms with E-state index in [-0.39, 0.29) is 12.5 Å². The van der Waals surface area contributed by atoms with Gasteiger partial charge in [0.25, 0.3) is 5.91 Å². The molecular formula is C11H17N3O2. The Balaban J connectivity index is 2.94. The number of carbonyl (C=O) groups excluding carboxylic acids is 1. The maximum Gasteiger partial charge on any atom is 0.254 e. The van der Waals surface area contributed by atoms with Crippen molar-refractivity contribution >= 4 is 17.3 Å². The molecule has 0 unspecified atom stereocenters. The average molecular weight is 223 g/mol. The first-order chi connectivity index (χ1) is 7.58. The van der Waals surface area contributed by atoms with E-state index in [0.717, 1.165) is 0 Å². The van der Waals surface area contributed by atoms with Gasteiger partial charge in [-0.3, -0.25) is 4.79 Å². The van der Waals surface area contributed by atoms with Crippen LogP contribution in [0.2, 0.25) is 0 Å². The molecule has 0 aliphatic rings. The molecule has 0 aromatic heterocycles. The maximum absolute atomic E-state index is 12.0. The number of carbonyl (C=O) groups is 1. The first-order valence-corrected chi connectivity index (χ1v) is 5.14. The summed E-state index contributed by atoms with van der Waals surface area (Å²) in [7, 11) is 0. The smallest absolute Gasteiger partial charge is 0.254 e. The van der Waals surface area contributed by atoms with E-state index in [9.17, 15) is 4.79 Å². The van der Waals surface area contributed by atoms with Crippen LogP contribution in [0.5, 0.6) is 0 Å². The summed E-state index contributed by atoms with van der Waals surface area (Å²) in [6.45, 7) is 2.64. The normalized spacial score (nSPS) is 10.1. The van der Waals surface area contributed by atoms with Crippen LogP contribution in [0.4, 0.5) is 11.4 Å². The van der Waals surface area contributed by atoms with Crippen molar-refractivity contribution in [2.45, 2.75) is 6.92 Å². The van der Waals surface area contributed by atoms with Crippen molar-refractivity contribution in [2.24, 2.45) is 0 Å². The molecule has 5 nitrogen and oxygen atoms in total. The summed E-state index contributed by atoms with van der Waals surface area (Å²) in [5.74, 6) is -0.171. The van der Waals surface area contributed by atoms with E-state index >= 15 is 0 Å². The van der Waals surface area contributed by atoms with E-state index in [4.69, 9.17) is 16.6 Å². The van der Waals surface area contributed by atoms with Gasteiger partial charge in [0, 0.05) is 30.0 Å². The molecule has 1 amide bonds. The summed E-state index contributed by atoms with van der Waals surface area (Å²) < 4.78 is 0. The van der Waals surface area contributed by atoms with Crippen molar-refractivity contribution in [3.63, 3.8) is 0 Å². The minimum absolute atomic E-state index is 0.0582. The van der Waals surface area contributed by atoms with Gasteiger partial charge in [-0.25, -0.2) is 0 Å². The van der Waals surface area contributed by atoms with Gasteiger partial charge < -0.3 is 21.5 Å². The number of hydrogen-bond donors (Lipinski definition) is 3. The first-order valence-electron chi connectivity index (χ1n) is 5.14. The number of likely N-dealkylation sites (N-methyl/N-ethyl adjacent to an activating group) is 1. The van der Waals surface area contributed by atoms with E-state index in [2.05, 4.69) is 0 Å². The minimum atomic E-state index is -0.171. The van der Waals surface area contributed by atoms with Crippen LogP contribution in [0.3, 0.4) is 0 Å². The number of nitrogens with zero attached hydrogens (tertiary/aromatic N) is 1. The fraction of sp³-hybridized carbons (Fsp3) is 0.364. The fourth-order valence-corrected chi connectivity index (χ4v) is 1.51. The molecule has 16 heavy (non-hydrogen) atoms. The van der Waals surface area contributed by atoms with Crippen molar-refractivity contribution < 1.29 is 9.90 Å². The number of nitrogens with two attached hydrogens (primary N) is 2. The Morgan fingerprint density at radius 2 is 1.88 bits per heavy atom. The van der Waals surface area contributed by atoms with Crippen molar-refractivity contribution in [3.05, 3.63) is 23.8 Å². The summed E-state index contributed by atoms with van der Waals surface area (Å²) in [6, 6.07) is 4.76. The van der Waals surface area contributed by atoms with Gasteiger partial charge in [0.2, 0.25) is 0 Å². The van der Waals surface area contributed by atoms with Crippen LogP contribution >= 0.6 is 0 Å². The predicted molar refractivity (Wildman–Crippen MR) is 63.9 cm³/mol. The highest BCUT2D eigenvalue weighted by Crippen LogP contribution is 2.15. The average Bonchev–Trinajstić information content (AvgIpc) is 2.23. The zero-order chi connectivity index (χ0) is 12.1. The van der Waals surface area contributed by atoms with Crippen LogP contribution in [0.1, 0.15) is 17.3 Å². The minimum Gasteiger partial charge on any atom is -0.399 e. The molecule has 0 saturated heterocycles. The monoisotopic (exact) mass is 223 g/mol. The predicted octanol–water partition coefficient (Wildman–Crippen LogP) is 0.305. The van der Waals surface area contributed by atoms with Gasteiger partial charge in [-0.1, -0.05) is 0 Å². The Kier molecular flexibility index (Phi) is 4.13. The molecule has 5 N–H and O–H groups in total. The number of aliphatic hydroxyl groups is 1. The van der Waals surface area contributed by atoms with Gasteiger partial charge in [-0.15, -0.1) is 0 Å². The standard InChI is InChI=1S/C11H17N3O2/c1-2-14(3-4-15)11(16)8-5-9(12)7-10(13)6-8/h5-7,15H,2-4,12-13H2,1H3. The molecule has 0 fully saturated rings. The lowest BCUT2D eigenvalue weighted by atomic mass is 10.1. The Hall–Kier alpha value is -1.75. The number of aliphatic hydroxyl groups excluding tert-OH is 1. The van der Waals surface area contributed by atoms with Crippen molar-refractivity contribution in [3.8, 4) is 0 Å². The molecule has 0 atom stereocenters. The summed E-state index contributed by atoms with van der Waals surface area (Å²) in [5, 5.41) is 8.83. The lowest BCUT2D eigenvalue weighted by Crippen LogP contribution is -2.33. The van der Waals surface area contributed by atoms with Crippen LogP contribution in [0, 0.1) is 0 Å². The Morgan fingerprint density at radius 3 is 2.31 bits per heavy atom. The Morgan fingerprint density at radius 1 is 1.31 bits per heavy atom. The molecule has 0 bridgehead atoms. The van der Waals surface area contributed by atoms with Crippen LogP contribution in [-0.2, 0) is 0 Å². The third-order valence-electron chi connectivity index (χ3n) is 2.26. The number of amides is 1. The maximum atomic E-state index is 12.0. The van der Waals surface area contributed by atoms with Gasteiger partial charge in [0.15, 0.2) is 0 Å². The number of hydrogen-bond acceptors (Lipinski definition) is 4. The lowest BCUT2D eigenvalue weighted by molar-refractivity contribution is 0.0732. The Bertz CT molecular complexity index is 359. The second kappa shape index (κ2) is 5.37. The second-order valence-electron chi connectivity index (χ2n) is 3.50. The molecular weight excluding hydrogens is 206 g/mol. The van der Waals surface area contributed by atoms with Crippen molar-refractivity contribution in [1.29, 1.82) is 0 Å². The van der Waals surface area contributed by atoms with E-state index in [1.54, 1.807) is 18.2 Å². The third-order valence-corrected chi connectivity index (χ3v) is 2.26. The molecule has 0 saturated carbocycles. The summed E-state index contributed by atoms with van der Waals surface area (Å²) in [6.07, 6.45) is 0. The SMILES string of the molecule is CCN(CCO)C(=O)c1cc(N)cc(N)c1. The van der Waals surface area contributed by atoms with Gasteiger partial charge in [-0.05, 0) is 25.1 Å².